The van der Waals surface area contributed by atoms with Crippen LogP contribution in [0.25, 0.3) is 0 Å². The minimum absolute atomic E-state index is 0.315. The zero-order valence-corrected chi connectivity index (χ0v) is 16.4. The molecule has 3 N–H and O–H groups in total. The fourth-order valence-electron chi connectivity index (χ4n) is 4.35. The summed E-state index contributed by atoms with van der Waals surface area (Å²) >= 11 is 0. The first kappa shape index (κ1) is 20.5. The van der Waals surface area contributed by atoms with Gasteiger partial charge >= 0.3 is 6.09 Å². The summed E-state index contributed by atoms with van der Waals surface area (Å²) in [5, 5.41) is 16.3. The molecule has 0 radical (unpaired) electrons. The highest BCUT2D eigenvalue weighted by molar-refractivity contribution is 5.67. The van der Waals surface area contributed by atoms with E-state index in [4.69, 9.17) is 4.74 Å². The van der Waals surface area contributed by atoms with E-state index in [0.717, 1.165) is 19.4 Å². The van der Waals surface area contributed by atoms with Gasteiger partial charge in [0.25, 0.3) is 0 Å². The number of hydrogen-bond donors (Lipinski definition) is 3. The number of rotatable bonds is 6. The third-order valence-corrected chi connectivity index (χ3v) is 5.76. The van der Waals surface area contributed by atoms with Crippen LogP contribution in [-0.4, -0.2) is 42.5 Å². The Kier molecular flexibility index (Phi) is 8.01. The first-order valence-corrected chi connectivity index (χ1v) is 10.2. The van der Waals surface area contributed by atoms with E-state index in [0.29, 0.717) is 36.9 Å². The van der Waals surface area contributed by atoms with Gasteiger partial charge in [-0.3, -0.25) is 0 Å². The molecule has 0 spiro atoms. The Bertz CT molecular complexity index is 408. The minimum Gasteiger partial charge on any atom is -0.444 e. The van der Waals surface area contributed by atoms with Crippen LogP contribution in [0.4, 0.5) is 4.79 Å². The zero-order valence-electron chi connectivity index (χ0n) is 16.4. The molecule has 146 valence electrons. The third-order valence-electron chi connectivity index (χ3n) is 5.76. The summed E-state index contributed by atoms with van der Waals surface area (Å²) < 4.78 is 5.35. The number of alkyl carbamates (subject to hydrolysis) is 1. The van der Waals surface area contributed by atoms with Gasteiger partial charge in [-0.2, -0.15) is 0 Å². The maximum atomic E-state index is 11.9. The Morgan fingerprint density at radius 1 is 0.960 bits per heavy atom. The van der Waals surface area contributed by atoms with Gasteiger partial charge in [-0.05, 0) is 70.8 Å². The molecule has 0 aromatic carbocycles. The molecular formula is C20H38N2O3. The maximum absolute atomic E-state index is 11.9. The van der Waals surface area contributed by atoms with Crippen molar-refractivity contribution in [1.82, 2.24) is 10.6 Å². The molecule has 2 aliphatic rings. The minimum atomic E-state index is -0.450. The van der Waals surface area contributed by atoms with E-state index < -0.39 is 5.60 Å². The summed E-state index contributed by atoms with van der Waals surface area (Å²) in [7, 11) is 0. The number of nitrogens with one attached hydrogen (secondary N) is 2. The van der Waals surface area contributed by atoms with Gasteiger partial charge in [-0.25, -0.2) is 4.79 Å². The summed E-state index contributed by atoms with van der Waals surface area (Å²) in [5.41, 5.74) is -0.450. The fraction of sp³-hybridized carbons (Fsp3) is 0.950. The summed E-state index contributed by atoms with van der Waals surface area (Å²) in [4.78, 5) is 11.9. The monoisotopic (exact) mass is 354 g/mol. The van der Waals surface area contributed by atoms with Crippen molar-refractivity contribution in [3.05, 3.63) is 0 Å². The van der Waals surface area contributed by atoms with E-state index in [2.05, 4.69) is 10.6 Å². The van der Waals surface area contributed by atoms with Crippen LogP contribution in [0, 0.1) is 17.8 Å². The highest BCUT2D eigenvalue weighted by Gasteiger charge is 2.29. The lowest BCUT2D eigenvalue weighted by atomic mass is 9.78. The van der Waals surface area contributed by atoms with E-state index >= 15 is 0 Å². The summed E-state index contributed by atoms with van der Waals surface area (Å²) in [5.74, 6) is 1.53. The summed E-state index contributed by atoms with van der Waals surface area (Å²) in [6, 6.07) is 0.463. The van der Waals surface area contributed by atoms with Gasteiger partial charge in [0.05, 0.1) is 0 Å². The van der Waals surface area contributed by atoms with Crippen LogP contribution in [0.15, 0.2) is 0 Å². The van der Waals surface area contributed by atoms with Gasteiger partial charge in [-0.15, -0.1) is 0 Å². The molecule has 5 heteroatoms. The van der Waals surface area contributed by atoms with Gasteiger partial charge in [-0.1, -0.05) is 25.7 Å². The highest BCUT2D eigenvalue weighted by atomic mass is 16.6. The third kappa shape index (κ3) is 7.14. The van der Waals surface area contributed by atoms with Crippen LogP contribution in [-0.2, 0) is 4.74 Å². The Balaban J connectivity index is 1.78. The topological polar surface area (TPSA) is 70.6 Å². The second-order valence-corrected chi connectivity index (χ2v) is 8.93. The zero-order chi connectivity index (χ0) is 18.3. The van der Waals surface area contributed by atoms with Gasteiger partial charge in [0, 0.05) is 19.2 Å². The molecule has 2 rings (SSSR count). The average molecular weight is 355 g/mol. The molecule has 0 aliphatic heterocycles. The molecule has 0 heterocycles. The Morgan fingerprint density at radius 2 is 1.56 bits per heavy atom. The van der Waals surface area contributed by atoms with Crippen molar-refractivity contribution in [1.29, 1.82) is 0 Å². The lowest BCUT2D eigenvalue weighted by molar-refractivity contribution is 0.0509. The molecule has 4 unspecified atom stereocenters. The standard InChI is InChI=1S/C20H38N2O3/c1-20(2,3)25-19(24)22-13-16-9-6-7-11-18(16)21-12-15-8-4-5-10-17(15)14-23/h15-18,21,23H,4-14H2,1-3H3,(H,22,24). The van der Waals surface area contributed by atoms with Gasteiger partial charge < -0.3 is 20.5 Å². The molecule has 0 bridgehead atoms. The second-order valence-electron chi connectivity index (χ2n) is 8.93. The van der Waals surface area contributed by atoms with Crippen molar-refractivity contribution < 1.29 is 14.6 Å². The van der Waals surface area contributed by atoms with E-state index in [9.17, 15) is 9.90 Å². The van der Waals surface area contributed by atoms with Gasteiger partial charge in [0.15, 0.2) is 0 Å². The van der Waals surface area contributed by atoms with Crippen LogP contribution in [0.5, 0.6) is 0 Å². The van der Waals surface area contributed by atoms with Gasteiger partial charge in [0.1, 0.15) is 5.60 Å². The Morgan fingerprint density at radius 3 is 2.20 bits per heavy atom. The van der Waals surface area contributed by atoms with Crippen LogP contribution in [0.3, 0.4) is 0 Å². The average Bonchev–Trinajstić information content (AvgIpc) is 2.57. The number of carbonyl (C=O) groups excluding carboxylic acids is 1. The predicted octanol–water partition coefficient (Wildman–Crippen LogP) is 3.46. The van der Waals surface area contributed by atoms with Crippen molar-refractivity contribution in [2.24, 2.45) is 17.8 Å². The van der Waals surface area contributed by atoms with E-state index in [1.165, 1.54) is 38.5 Å². The number of aliphatic hydroxyl groups is 1. The smallest absolute Gasteiger partial charge is 0.407 e. The van der Waals surface area contributed by atoms with Crippen molar-refractivity contribution in [2.75, 3.05) is 19.7 Å². The van der Waals surface area contributed by atoms with Crippen molar-refractivity contribution in [3.8, 4) is 0 Å². The lowest BCUT2D eigenvalue weighted by Crippen LogP contribution is -2.47. The first-order valence-electron chi connectivity index (χ1n) is 10.2. The van der Waals surface area contributed by atoms with Crippen molar-refractivity contribution in [2.45, 2.75) is 83.8 Å². The van der Waals surface area contributed by atoms with Gasteiger partial charge in [0.2, 0.25) is 0 Å². The Labute approximate surface area is 153 Å². The van der Waals surface area contributed by atoms with E-state index in [1.807, 2.05) is 20.8 Å². The van der Waals surface area contributed by atoms with Crippen LogP contribution < -0.4 is 10.6 Å². The SMILES string of the molecule is CC(C)(C)OC(=O)NCC1CCCCC1NCC1CCCCC1CO. The number of hydrogen-bond acceptors (Lipinski definition) is 4. The quantitative estimate of drug-likeness (QED) is 0.683. The molecule has 2 saturated carbocycles. The molecule has 1 amide bonds. The number of ether oxygens (including phenoxy) is 1. The number of carbonyl (C=O) groups is 1. The number of aliphatic hydroxyl groups excluding tert-OH is 1. The lowest BCUT2D eigenvalue weighted by Gasteiger charge is -2.36. The van der Waals surface area contributed by atoms with Crippen molar-refractivity contribution in [3.63, 3.8) is 0 Å². The first-order chi connectivity index (χ1) is 11.9. The molecule has 2 fully saturated rings. The Hall–Kier alpha value is -0.810. The summed E-state index contributed by atoms with van der Waals surface area (Å²) in [6.07, 6.45) is 9.45. The van der Waals surface area contributed by atoms with E-state index in [-0.39, 0.29) is 6.09 Å². The van der Waals surface area contributed by atoms with E-state index in [1.54, 1.807) is 0 Å². The molecule has 0 saturated heterocycles. The molecule has 25 heavy (non-hydrogen) atoms. The molecular weight excluding hydrogens is 316 g/mol. The van der Waals surface area contributed by atoms with Crippen LogP contribution in [0.1, 0.15) is 72.1 Å². The van der Waals surface area contributed by atoms with Crippen molar-refractivity contribution >= 4 is 6.09 Å². The second kappa shape index (κ2) is 9.77. The molecule has 0 aromatic heterocycles. The molecule has 2 aliphatic carbocycles. The molecule has 4 atom stereocenters. The maximum Gasteiger partial charge on any atom is 0.407 e. The largest absolute Gasteiger partial charge is 0.444 e. The highest BCUT2D eigenvalue weighted by Crippen LogP contribution is 2.30. The normalized spacial score (nSPS) is 30.7. The fourth-order valence-corrected chi connectivity index (χ4v) is 4.35. The predicted molar refractivity (Wildman–Crippen MR) is 101 cm³/mol. The van der Waals surface area contributed by atoms with Crippen LogP contribution in [0.2, 0.25) is 0 Å². The number of amides is 1. The molecule has 0 aromatic rings. The van der Waals surface area contributed by atoms with Crippen LogP contribution >= 0.6 is 0 Å². The summed E-state index contributed by atoms with van der Waals surface area (Å²) in [6.45, 7) is 7.66. The molecule has 5 nitrogen and oxygen atoms in total.